The van der Waals surface area contributed by atoms with E-state index in [1.165, 1.54) is 16.7 Å². The Labute approximate surface area is 126 Å². The van der Waals surface area contributed by atoms with Crippen molar-refractivity contribution in [3.8, 4) is 0 Å². The molecule has 1 unspecified atom stereocenters. The number of fused-ring (bicyclic) bond motifs is 1. The van der Waals surface area contributed by atoms with Crippen LogP contribution in [0.5, 0.6) is 0 Å². The summed E-state index contributed by atoms with van der Waals surface area (Å²) in [6, 6.07) is 19.1. The first kappa shape index (κ1) is 14.3. The summed E-state index contributed by atoms with van der Waals surface area (Å²) in [7, 11) is 0. The quantitative estimate of drug-likeness (QED) is 0.921. The standard InChI is InChI=1S/C19H23NO/c1-18(2)16-11-6-7-12-17(16)19(21-18,13-8-14-20)15-9-4-3-5-10-15/h3-7,9-12H,8,13-14,20H2,1-2H3. The molecule has 2 aromatic rings. The zero-order valence-corrected chi connectivity index (χ0v) is 12.8. The van der Waals surface area contributed by atoms with Gasteiger partial charge in [-0.1, -0.05) is 54.6 Å². The summed E-state index contributed by atoms with van der Waals surface area (Å²) < 4.78 is 6.64. The van der Waals surface area contributed by atoms with Gasteiger partial charge in [0.15, 0.2) is 0 Å². The smallest absolute Gasteiger partial charge is 0.120 e. The van der Waals surface area contributed by atoms with Crippen molar-refractivity contribution >= 4 is 0 Å². The highest BCUT2D eigenvalue weighted by atomic mass is 16.5. The van der Waals surface area contributed by atoms with Gasteiger partial charge in [-0.25, -0.2) is 0 Å². The molecule has 0 fully saturated rings. The van der Waals surface area contributed by atoms with Gasteiger partial charge >= 0.3 is 0 Å². The summed E-state index contributed by atoms with van der Waals surface area (Å²) in [5.41, 5.74) is 8.91. The first-order valence-electron chi connectivity index (χ1n) is 7.66. The maximum Gasteiger partial charge on any atom is 0.120 e. The highest BCUT2D eigenvalue weighted by Crippen LogP contribution is 2.52. The second-order valence-electron chi connectivity index (χ2n) is 6.24. The van der Waals surface area contributed by atoms with Crippen molar-refractivity contribution in [2.75, 3.05) is 6.54 Å². The Morgan fingerprint density at radius 3 is 2.19 bits per heavy atom. The van der Waals surface area contributed by atoms with Gasteiger partial charge in [-0.3, -0.25) is 0 Å². The van der Waals surface area contributed by atoms with Gasteiger partial charge in [-0.05, 0) is 49.9 Å². The molecule has 0 bridgehead atoms. The minimum absolute atomic E-state index is 0.277. The molecule has 0 aliphatic carbocycles. The lowest BCUT2D eigenvalue weighted by Gasteiger charge is -2.33. The zero-order chi connectivity index (χ0) is 14.9. The summed E-state index contributed by atoms with van der Waals surface area (Å²) >= 11 is 0. The van der Waals surface area contributed by atoms with Crippen LogP contribution in [-0.2, 0) is 15.9 Å². The van der Waals surface area contributed by atoms with E-state index in [0.29, 0.717) is 6.54 Å². The number of ether oxygens (including phenoxy) is 1. The molecule has 1 aliphatic heterocycles. The Hall–Kier alpha value is -1.64. The van der Waals surface area contributed by atoms with Crippen molar-refractivity contribution in [2.45, 2.75) is 37.9 Å². The minimum Gasteiger partial charge on any atom is -0.355 e. The molecular formula is C19H23NO. The minimum atomic E-state index is -0.374. The molecule has 2 nitrogen and oxygen atoms in total. The fourth-order valence-electron chi connectivity index (χ4n) is 3.51. The predicted molar refractivity (Wildman–Crippen MR) is 86.1 cm³/mol. The van der Waals surface area contributed by atoms with E-state index in [-0.39, 0.29) is 11.2 Å². The van der Waals surface area contributed by atoms with Crippen molar-refractivity contribution in [1.29, 1.82) is 0 Å². The maximum absolute atomic E-state index is 6.64. The van der Waals surface area contributed by atoms with Gasteiger partial charge in [0.05, 0.1) is 5.60 Å². The summed E-state index contributed by atoms with van der Waals surface area (Å²) in [6.07, 6.45) is 1.85. The maximum atomic E-state index is 6.64. The van der Waals surface area contributed by atoms with Crippen LogP contribution in [0.3, 0.4) is 0 Å². The average molecular weight is 281 g/mol. The van der Waals surface area contributed by atoms with Crippen LogP contribution in [0, 0.1) is 0 Å². The lowest BCUT2D eigenvalue weighted by Crippen LogP contribution is -2.31. The molecule has 0 saturated carbocycles. The van der Waals surface area contributed by atoms with Crippen molar-refractivity contribution in [2.24, 2.45) is 5.73 Å². The van der Waals surface area contributed by atoms with Gasteiger partial charge in [-0.2, -0.15) is 0 Å². The van der Waals surface area contributed by atoms with Gasteiger partial charge in [-0.15, -0.1) is 0 Å². The number of hydrogen-bond donors (Lipinski definition) is 1. The van der Waals surface area contributed by atoms with E-state index in [4.69, 9.17) is 10.5 Å². The molecule has 1 atom stereocenters. The van der Waals surface area contributed by atoms with Crippen LogP contribution < -0.4 is 5.73 Å². The van der Waals surface area contributed by atoms with Gasteiger partial charge in [0.25, 0.3) is 0 Å². The molecule has 2 aromatic carbocycles. The molecular weight excluding hydrogens is 258 g/mol. The van der Waals surface area contributed by atoms with Crippen LogP contribution in [0.25, 0.3) is 0 Å². The SMILES string of the molecule is CC1(C)OC(CCCN)(c2ccccc2)c2ccccc21. The third-order valence-corrected chi connectivity index (χ3v) is 4.41. The molecule has 0 saturated heterocycles. The molecule has 110 valence electrons. The molecule has 2 N–H and O–H groups in total. The van der Waals surface area contributed by atoms with Crippen molar-refractivity contribution < 1.29 is 4.74 Å². The number of hydrogen-bond acceptors (Lipinski definition) is 2. The van der Waals surface area contributed by atoms with E-state index in [2.05, 4.69) is 62.4 Å². The highest BCUT2D eigenvalue weighted by Gasteiger charge is 2.49. The first-order chi connectivity index (χ1) is 10.1. The van der Waals surface area contributed by atoms with Crippen LogP contribution in [-0.4, -0.2) is 6.54 Å². The highest BCUT2D eigenvalue weighted by molar-refractivity contribution is 5.47. The Morgan fingerprint density at radius 2 is 1.52 bits per heavy atom. The topological polar surface area (TPSA) is 35.2 Å². The van der Waals surface area contributed by atoms with E-state index in [0.717, 1.165) is 12.8 Å². The van der Waals surface area contributed by atoms with E-state index < -0.39 is 0 Å². The summed E-state index contributed by atoms with van der Waals surface area (Å²) in [5.74, 6) is 0. The number of rotatable bonds is 4. The number of nitrogens with two attached hydrogens (primary N) is 1. The molecule has 0 radical (unpaired) electrons. The first-order valence-corrected chi connectivity index (χ1v) is 7.66. The normalized spacial score (nSPS) is 23.0. The van der Waals surface area contributed by atoms with Gasteiger partial charge in [0.1, 0.15) is 5.60 Å². The molecule has 21 heavy (non-hydrogen) atoms. The lowest BCUT2D eigenvalue weighted by atomic mass is 9.81. The molecule has 3 rings (SSSR count). The van der Waals surface area contributed by atoms with Crippen molar-refractivity contribution in [1.82, 2.24) is 0 Å². The number of benzene rings is 2. The molecule has 0 spiro atoms. The third-order valence-electron chi connectivity index (χ3n) is 4.41. The third kappa shape index (κ3) is 2.29. The fraction of sp³-hybridized carbons (Fsp3) is 0.368. The van der Waals surface area contributed by atoms with Crippen molar-refractivity contribution in [3.05, 3.63) is 71.3 Å². The van der Waals surface area contributed by atoms with E-state index in [1.54, 1.807) is 0 Å². The monoisotopic (exact) mass is 281 g/mol. The van der Waals surface area contributed by atoms with Crippen LogP contribution in [0.1, 0.15) is 43.4 Å². The second-order valence-corrected chi connectivity index (χ2v) is 6.24. The van der Waals surface area contributed by atoms with Crippen molar-refractivity contribution in [3.63, 3.8) is 0 Å². The summed E-state index contributed by atoms with van der Waals surface area (Å²) in [4.78, 5) is 0. The van der Waals surface area contributed by atoms with E-state index >= 15 is 0 Å². The summed E-state index contributed by atoms with van der Waals surface area (Å²) in [6.45, 7) is 4.98. The zero-order valence-electron chi connectivity index (χ0n) is 12.8. The van der Waals surface area contributed by atoms with Gasteiger partial charge < -0.3 is 10.5 Å². The Balaban J connectivity index is 2.18. The van der Waals surface area contributed by atoms with Crippen LogP contribution in [0.15, 0.2) is 54.6 Å². The second kappa shape index (κ2) is 5.28. The lowest BCUT2D eigenvalue weighted by molar-refractivity contribution is -0.107. The fourth-order valence-corrected chi connectivity index (χ4v) is 3.51. The predicted octanol–water partition coefficient (Wildman–Crippen LogP) is 3.93. The summed E-state index contributed by atoms with van der Waals surface area (Å²) in [5, 5.41) is 0. The van der Waals surface area contributed by atoms with E-state index in [9.17, 15) is 0 Å². The molecule has 0 aromatic heterocycles. The van der Waals surface area contributed by atoms with Crippen LogP contribution in [0.4, 0.5) is 0 Å². The van der Waals surface area contributed by atoms with Crippen LogP contribution in [0.2, 0.25) is 0 Å². The molecule has 1 aliphatic rings. The molecule has 0 amide bonds. The van der Waals surface area contributed by atoms with Gasteiger partial charge in [0.2, 0.25) is 0 Å². The van der Waals surface area contributed by atoms with Gasteiger partial charge in [0, 0.05) is 0 Å². The Bertz CT molecular complexity index is 620. The molecule has 2 heteroatoms. The molecule has 1 heterocycles. The Kier molecular flexibility index (Phi) is 3.60. The average Bonchev–Trinajstić information content (AvgIpc) is 2.75. The van der Waals surface area contributed by atoms with Crippen LogP contribution >= 0.6 is 0 Å². The Morgan fingerprint density at radius 1 is 0.905 bits per heavy atom. The van der Waals surface area contributed by atoms with E-state index in [1.807, 2.05) is 6.07 Å². The largest absolute Gasteiger partial charge is 0.355 e.